The topological polar surface area (TPSA) is 98.8 Å². The third kappa shape index (κ3) is 4.69. The van der Waals surface area contributed by atoms with Crippen molar-refractivity contribution in [2.75, 3.05) is 36.8 Å². The van der Waals surface area contributed by atoms with E-state index in [1.165, 1.54) is 22.8 Å². The summed E-state index contributed by atoms with van der Waals surface area (Å²) >= 11 is 5.92. The van der Waals surface area contributed by atoms with Crippen molar-refractivity contribution in [2.45, 2.75) is 13.8 Å². The normalized spacial score (nSPS) is 14.5. The summed E-state index contributed by atoms with van der Waals surface area (Å²) in [5.74, 6) is -2.09. The molecule has 0 saturated carbocycles. The Bertz CT molecular complexity index is 722. The molecule has 2 rings (SSSR count). The van der Waals surface area contributed by atoms with Gasteiger partial charge in [0.1, 0.15) is 6.54 Å². The average molecular weight is 367 g/mol. The van der Waals surface area contributed by atoms with Crippen LogP contribution in [-0.4, -0.2) is 59.6 Å². The molecule has 0 radical (unpaired) electrons. The van der Waals surface area contributed by atoms with Gasteiger partial charge in [-0.2, -0.15) is 0 Å². The fourth-order valence-electron chi connectivity index (χ4n) is 2.45. The number of nitrogens with zero attached hydrogens (tertiary/aromatic N) is 2. The summed E-state index contributed by atoms with van der Waals surface area (Å²) in [7, 11) is 0. The van der Waals surface area contributed by atoms with Crippen LogP contribution in [0.15, 0.2) is 18.2 Å². The van der Waals surface area contributed by atoms with Crippen LogP contribution in [0.5, 0.6) is 0 Å². The van der Waals surface area contributed by atoms with E-state index in [0.717, 1.165) is 0 Å². The number of hydrogen-bond acceptors (Lipinski definition) is 4. The van der Waals surface area contributed by atoms with E-state index < -0.39 is 17.7 Å². The number of benzene rings is 1. The SMILES string of the molecule is CCN1CCN(CC(=O)Nc2cc(Cl)ccc2NC(C)=O)C(=O)C1=O. The van der Waals surface area contributed by atoms with E-state index >= 15 is 0 Å². The minimum atomic E-state index is -0.698. The monoisotopic (exact) mass is 366 g/mol. The van der Waals surface area contributed by atoms with Gasteiger partial charge in [0, 0.05) is 31.6 Å². The summed E-state index contributed by atoms with van der Waals surface area (Å²) < 4.78 is 0. The predicted octanol–water partition coefficient (Wildman–Crippen LogP) is 0.928. The molecule has 134 valence electrons. The van der Waals surface area contributed by atoms with Crippen LogP contribution in [0.25, 0.3) is 0 Å². The molecule has 1 saturated heterocycles. The molecule has 9 heteroatoms. The Morgan fingerprint density at radius 3 is 2.36 bits per heavy atom. The molecular weight excluding hydrogens is 348 g/mol. The Labute approximate surface area is 150 Å². The first-order valence-corrected chi connectivity index (χ1v) is 8.14. The lowest BCUT2D eigenvalue weighted by atomic mass is 10.2. The molecule has 1 aliphatic rings. The molecule has 25 heavy (non-hydrogen) atoms. The second-order valence-corrected chi connectivity index (χ2v) is 5.97. The Morgan fingerprint density at radius 2 is 1.72 bits per heavy atom. The predicted molar refractivity (Wildman–Crippen MR) is 93.2 cm³/mol. The van der Waals surface area contributed by atoms with Gasteiger partial charge in [-0.1, -0.05) is 11.6 Å². The maximum atomic E-state index is 12.2. The number of halogens is 1. The highest BCUT2D eigenvalue weighted by atomic mass is 35.5. The van der Waals surface area contributed by atoms with Crippen molar-refractivity contribution < 1.29 is 19.2 Å². The molecule has 0 unspecified atom stereocenters. The number of likely N-dealkylation sites (N-methyl/N-ethyl adjacent to an activating group) is 1. The number of anilines is 2. The maximum absolute atomic E-state index is 12.2. The van der Waals surface area contributed by atoms with Crippen LogP contribution in [-0.2, 0) is 19.2 Å². The fourth-order valence-corrected chi connectivity index (χ4v) is 2.62. The largest absolute Gasteiger partial charge is 0.333 e. The van der Waals surface area contributed by atoms with Crippen LogP contribution in [0.1, 0.15) is 13.8 Å². The Morgan fingerprint density at radius 1 is 1.08 bits per heavy atom. The Hall–Kier alpha value is -2.61. The lowest BCUT2D eigenvalue weighted by Crippen LogP contribution is -2.55. The standard InChI is InChI=1S/C16H19ClN4O4/c1-3-20-6-7-21(16(25)15(20)24)9-14(23)19-13-8-11(17)4-5-12(13)18-10(2)22/h4-5,8H,3,6-7,9H2,1-2H3,(H,18,22)(H,19,23). The van der Waals surface area contributed by atoms with Gasteiger partial charge in [-0.05, 0) is 25.1 Å². The van der Waals surface area contributed by atoms with E-state index in [1.54, 1.807) is 19.1 Å². The van der Waals surface area contributed by atoms with Gasteiger partial charge in [-0.15, -0.1) is 0 Å². The first-order valence-electron chi connectivity index (χ1n) is 7.77. The summed E-state index contributed by atoms with van der Waals surface area (Å²) in [4.78, 5) is 50.0. The zero-order chi connectivity index (χ0) is 18.6. The molecule has 1 aliphatic heterocycles. The summed E-state index contributed by atoms with van der Waals surface area (Å²) in [6.45, 7) is 4.01. The summed E-state index contributed by atoms with van der Waals surface area (Å²) in [5, 5.41) is 5.57. The minimum Gasteiger partial charge on any atom is -0.333 e. The highest BCUT2D eigenvalue weighted by Gasteiger charge is 2.32. The van der Waals surface area contributed by atoms with Crippen LogP contribution >= 0.6 is 11.6 Å². The van der Waals surface area contributed by atoms with Gasteiger partial charge in [0.25, 0.3) is 0 Å². The van der Waals surface area contributed by atoms with Gasteiger partial charge in [0.2, 0.25) is 11.8 Å². The number of piperazine rings is 1. The summed E-state index contributed by atoms with van der Waals surface area (Å²) in [5.41, 5.74) is 0.710. The molecule has 1 fully saturated rings. The van der Waals surface area contributed by atoms with E-state index in [0.29, 0.717) is 36.0 Å². The van der Waals surface area contributed by atoms with Gasteiger partial charge < -0.3 is 20.4 Å². The molecule has 4 amide bonds. The smallest absolute Gasteiger partial charge is 0.312 e. The number of hydrogen-bond donors (Lipinski definition) is 2. The molecule has 1 aromatic rings. The number of rotatable bonds is 5. The average Bonchev–Trinajstić information content (AvgIpc) is 2.54. The fraction of sp³-hybridized carbons (Fsp3) is 0.375. The summed E-state index contributed by atoms with van der Waals surface area (Å²) in [6.07, 6.45) is 0. The van der Waals surface area contributed by atoms with E-state index in [2.05, 4.69) is 10.6 Å². The molecule has 0 aliphatic carbocycles. The minimum absolute atomic E-state index is 0.256. The number of carbonyl (C=O) groups is 4. The third-order valence-corrected chi connectivity index (χ3v) is 3.91. The second-order valence-electron chi connectivity index (χ2n) is 5.53. The number of amides is 4. The van der Waals surface area contributed by atoms with Gasteiger partial charge in [-0.25, -0.2) is 0 Å². The lowest BCUT2D eigenvalue weighted by Gasteiger charge is -2.32. The van der Waals surface area contributed by atoms with Gasteiger partial charge in [-0.3, -0.25) is 19.2 Å². The third-order valence-electron chi connectivity index (χ3n) is 3.68. The van der Waals surface area contributed by atoms with Crippen molar-refractivity contribution >= 4 is 46.6 Å². The molecule has 0 atom stereocenters. The molecule has 1 heterocycles. The van der Waals surface area contributed by atoms with Crippen molar-refractivity contribution in [3.05, 3.63) is 23.2 Å². The second kappa shape index (κ2) is 7.98. The van der Waals surface area contributed by atoms with Crippen LogP contribution in [0.4, 0.5) is 11.4 Å². The molecule has 8 nitrogen and oxygen atoms in total. The highest BCUT2D eigenvalue weighted by Crippen LogP contribution is 2.25. The van der Waals surface area contributed by atoms with Crippen molar-refractivity contribution in [3.63, 3.8) is 0 Å². The summed E-state index contributed by atoms with van der Waals surface area (Å²) in [6, 6.07) is 4.63. The van der Waals surface area contributed by atoms with Gasteiger partial charge in [0.15, 0.2) is 0 Å². The highest BCUT2D eigenvalue weighted by molar-refractivity contribution is 6.35. The first kappa shape index (κ1) is 18.7. The van der Waals surface area contributed by atoms with Crippen LogP contribution < -0.4 is 10.6 Å². The molecule has 2 N–H and O–H groups in total. The lowest BCUT2D eigenvalue weighted by molar-refractivity contribution is -0.156. The molecule has 1 aromatic carbocycles. The Kier molecular flexibility index (Phi) is 5.97. The molecule has 0 spiro atoms. The first-order chi connectivity index (χ1) is 11.8. The van der Waals surface area contributed by atoms with Crippen molar-refractivity contribution in [3.8, 4) is 0 Å². The van der Waals surface area contributed by atoms with Crippen molar-refractivity contribution in [2.24, 2.45) is 0 Å². The zero-order valence-electron chi connectivity index (χ0n) is 14.0. The van der Waals surface area contributed by atoms with Gasteiger partial charge in [0.05, 0.1) is 11.4 Å². The van der Waals surface area contributed by atoms with E-state index in [-0.39, 0.29) is 12.5 Å². The zero-order valence-corrected chi connectivity index (χ0v) is 14.7. The maximum Gasteiger partial charge on any atom is 0.312 e. The van der Waals surface area contributed by atoms with E-state index in [4.69, 9.17) is 11.6 Å². The number of carbonyl (C=O) groups excluding carboxylic acids is 4. The Balaban J connectivity index is 2.06. The van der Waals surface area contributed by atoms with Gasteiger partial charge >= 0.3 is 11.8 Å². The van der Waals surface area contributed by atoms with Crippen LogP contribution in [0, 0.1) is 0 Å². The molecule has 0 aromatic heterocycles. The van der Waals surface area contributed by atoms with Crippen molar-refractivity contribution in [1.29, 1.82) is 0 Å². The molecular formula is C16H19ClN4O4. The van der Waals surface area contributed by atoms with Crippen molar-refractivity contribution in [1.82, 2.24) is 9.80 Å². The van der Waals surface area contributed by atoms with Crippen LogP contribution in [0.3, 0.4) is 0 Å². The molecule has 0 bridgehead atoms. The van der Waals surface area contributed by atoms with E-state index in [9.17, 15) is 19.2 Å². The van der Waals surface area contributed by atoms with Crippen LogP contribution in [0.2, 0.25) is 5.02 Å². The van der Waals surface area contributed by atoms with E-state index in [1.807, 2.05) is 0 Å². The number of nitrogens with one attached hydrogen (secondary N) is 2. The quantitative estimate of drug-likeness (QED) is 0.757.